The molecule has 1 heterocycles. The number of ether oxygens (including phenoxy) is 2. The maximum Gasteiger partial charge on any atom is 0.313 e. The van der Waals surface area contributed by atoms with E-state index in [1.807, 2.05) is 0 Å². The molecule has 0 aliphatic carbocycles. The molecular formula is C23H18ClF2NO4. The summed E-state index contributed by atoms with van der Waals surface area (Å²) in [7, 11) is 0. The molecule has 0 fully saturated rings. The number of rotatable bonds is 8. The number of benzene rings is 2. The smallest absolute Gasteiger partial charge is 0.313 e. The summed E-state index contributed by atoms with van der Waals surface area (Å²) in [6, 6.07) is 12.2. The van der Waals surface area contributed by atoms with Gasteiger partial charge in [0.2, 0.25) is 0 Å². The summed E-state index contributed by atoms with van der Waals surface area (Å²) in [4.78, 5) is 27.2. The molecule has 2 aromatic carbocycles. The number of pyridine rings is 1. The van der Waals surface area contributed by atoms with E-state index in [0.717, 1.165) is 6.07 Å². The summed E-state index contributed by atoms with van der Waals surface area (Å²) in [5.41, 5.74) is 1.89. The van der Waals surface area contributed by atoms with Crippen LogP contribution in [0.25, 0.3) is 11.1 Å². The van der Waals surface area contributed by atoms with Gasteiger partial charge in [0.1, 0.15) is 12.2 Å². The van der Waals surface area contributed by atoms with Crippen molar-refractivity contribution in [2.75, 3.05) is 6.61 Å². The van der Waals surface area contributed by atoms with Gasteiger partial charge in [-0.3, -0.25) is 9.59 Å². The summed E-state index contributed by atoms with van der Waals surface area (Å²) in [5, 5.41) is 0.0984. The van der Waals surface area contributed by atoms with E-state index in [1.54, 1.807) is 37.3 Å². The van der Waals surface area contributed by atoms with Crippen molar-refractivity contribution >= 4 is 23.4 Å². The molecular weight excluding hydrogens is 428 g/mol. The summed E-state index contributed by atoms with van der Waals surface area (Å²) in [6.07, 6.45) is 0.951. The molecule has 0 unspecified atom stereocenters. The molecule has 0 atom stereocenters. The molecule has 0 saturated carbocycles. The normalized spacial score (nSPS) is 10.6. The Morgan fingerprint density at radius 2 is 1.81 bits per heavy atom. The van der Waals surface area contributed by atoms with E-state index in [2.05, 4.69) is 4.98 Å². The zero-order valence-electron chi connectivity index (χ0n) is 16.5. The van der Waals surface area contributed by atoms with Crippen LogP contribution in [0.3, 0.4) is 0 Å². The monoisotopic (exact) mass is 445 g/mol. The van der Waals surface area contributed by atoms with Crippen LogP contribution < -0.4 is 4.74 Å². The fourth-order valence-corrected chi connectivity index (χ4v) is 3.01. The first kappa shape index (κ1) is 22.4. The lowest BCUT2D eigenvalue weighted by Crippen LogP contribution is -2.13. The van der Waals surface area contributed by atoms with Gasteiger partial charge < -0.3 is 9.47 Å². The average Bonchev–Trinajstić information content (AvgIpc) is 2.71. The van der Waals surface area contributed by atoms with Gasteiger partial charge in [0.25, 0.3) is 5.88 Å². The maximum atomic E-state index is 14.6. The fourth-order valence-electron chi connectivity index (χ4n) is 2.87. The predicted octanol–water partition coefficient (Wildman–Crippen LogP) is 5.54. The number of hydrogen-bond acceptors (Lipinski definition) is 5. The van der Waals surface area contributed by atoms with Crippen molar-refractivity contribution in [3.63, 3.8) is 0 Å². The highest BCUT2D eigenvalue weighted by atomic mass is 35.5. The number of hydrogen-bond donors (Lipinski definition) is 0. The molecule has 0 amide bonds. The van der Waals surface area contributed by atoms with E-state index < -0.39 is 23.5 Å². The van der Waals surface area contributed by atoms with Crippen LogP contribution in [-0.4, -0.2) is 23.3 Å². The Labute approximate surface area is 182 Å². The molecule has 0 saturated heterocycles. The Balaban J connectivity index is 1.74. The first-order valence-corrected chi connectivity index (χ1v) is 9.78. The van der Waals surface area contributed by atoms with Gasteiger partial charge in [0.05, 0.1) is 11.6 Å². The number of halogens is 3. The molecule has 0 spiro atoms. The van der Waals surface area contributed by atoms with Gasteiger partial charge in [-0.15, -0.1) is 0 Å². The van der Waals surface area contributed by atoms with Gasteiger partial charge in [-0.2, -0.15) is 0 Å². The molecule has 0 bridgehead atoms. The van der Waals surface area contributed by atoms with E-state index in [1.165, 1.54) is 18.3 Å². The molecule has 8 heteroatoms. The Hall–Kier alpha value is -3.32. The maximum absolute atomic E-state index is 14.6. The Morgan fingerprint density at radius 1 is 1.03 bits per heavy atom. The van der Waals surface area contributed by atoms with Crippen LogP contribution in [0, 0.1) is 11.6 Å². The van der Waals surface area contributed by atoms with Gasteiger partial charge >= 0.3 is 5.97 Å². The lowest BCUT2D eigenvalue weighted by atomic mass is 10.00. The molecule has 0 aliphatic rings. The molecule has 3 aromatic rings. The Morgan fingerprint density at radius 3 is 2.52 bits per heavy atom. The highest BCUT2D eigenvalue weighted by Gasteiger charge is 2.14. The SMILES string of the molecule is CCOC(=O)CC(=O)Cc1cccc(-c2ccc(Oc3ncc(Cl)cc3F)c(F)c2)c1. The quantitative estimate of drug-likeness (QED) is 0.336. The van der Waals surface area contributed by atoms with Crippen molar-refractivity contribution in [1.29, 1.82) is 0 Å². The number of carbonyl (C=O) groups excluding carboxylic acids is 2. The van der Waals surface area contributed by atoms with Crippen molar-refractivity contribution in [3.05, 3.63) is 76.9 Å². The second-order valence-corrected chi connectivity index (χ2v) is 7.02. The van der Waals surface area contributed by atoms with Crippen LogP contribution in [-0.2, 0) is 20.7 Å². The number of Topliss-reactive ketones (excluding diaryl/α,β-unsaturated/α-hetero) is 1. The zero-order chi connectivity index (χ0) is 22.4. The van der Waals surface area contributed by atoms with Crippen molar-refractivity contribution in [2.24, 2.45) is 0 Å². The highest BCUT2D eigenvalue weighted by Crippen LogP contribution is 2.30. The van der Waals surface area contributed by atoms with Crippen molar-refractivity contribution in [1.82, 2.24) is 4.98 Å². The molecule has 0 N–H and O–H groups in total. The second-order valence-electron chi connectivity index (χ2n) is 6.59. The Bertz CT molecular complexity index is 1120. The molecule has 0 aliphatic heterocycles. The average molecular weight is 446 g/mol. The van der Waals surface area contributed by atoms with Gasteiger partial charge in [-0.25, -0.2) is 13.8 Å². The third-order valence-corrected chi connectivity index (χ3v) is 4.43. The van der Waals surface area contributed by atoms with Gasteiger partial charge in [0.15, 0.2) is 17.4 Å². The summed E-state index contributed by atoms with van der Waals surface area (Å²) < 4.78 is 38.4. The topological polar surface area (TPSA) is 65.5 Å². The van der Waals surface area contributed by atoms with Crippen LogP contribution in [0.15, 0.2) is 54.7 Å². The van der Waals surface area contributed by atoms with Crippen LogP contribution in [0.1, 0.15) is 18.9 Å². The predicted molar refractivity (Wildman–Crippen MR) is 111 cm³/mol. The third-order valence-electron chi connectivity index (χ3n) is 4.22. The highest BCUT2D eigenvalue weighted by molar-refractivity contribution is 6.30. The first-order chi connectivity index (χ1) is 14.9. The molecule has 5 nitrogen and oxygen atoms in total. The van der Waals surface area contributed by atoms with Crippen LogP contribution in [0.2, 0.25) is 5.02 Å². The van der Waals surface area contributed by atoms with Crippen LogP contribution in [0.4, 0.5) is 8.78 Å². The number of aromatic nitrogens is 1. The molecule has 3 rings (SSSR count). The lowest BCUT2D eigenvalue weighted by molar-refractivity contribution is -0.145. The summed E-state index contributed by atoms with van der Waals surface area (Å²) >= 11 is 5.65. The molecule has 1 aromatic heterocycles. The van der Waals surface area contributed by atoms with E-state index in [0.29, 0.717) is 16.7 Å². The zero-order valence-corrected chi connectivity index (χ0v) is 17.3. The van der Waals surface area contributed by atoms with Crippen molar-refractivity contribution in [2.45, 2.75) is 19.8 Å². The third kappa shape index (κ3) is 6.08. The molecule has 160 valence electrons. The minimum atomic E-state index is -0.809. The van der Waals surface area contributed by atoms with Gasteiger partial charge in [-0.05, 0) is 41.8 Å². The second kappa shape index (κ2) is 10.1. The molecule has 0 radical (unpaired) electrons. The Kier molecular flexibility index (Phi) is 7.31. The van der Waals surface area contributed by atoms with Crippen LogP contribution in [0.5, 0.6) is 11.6 Å². The van der Waals surface area contributed by atoms with E-state index in [-0.39, 0.29) is 36.0 Å². The first-order valence-electron chi connectivity index (χ1n) is 9.40. The van der Waals surface area contributed by atoms with Gasteiger partial charge in [0, 0.05) is 12.6 Å². The molecule has 31 heavy (non-hydrogen) atoms. The van der Waals surface area contributed by atoms with Gasteiger partial charge in [-0.1, -0.05) is 41.9 Å². The number of carbonyl (C=O) groups is 2. The minimum Gasteiger partial charge on any atom is -0.466 e. The van der Waals surface area contributed by atoms with Crippen LogP contribution >= 0.6 is 11.6 Å². The summed E-state index contributed by atoms with van der Waals surface area (Å²) in [5.74, 6) is -2.94. The lowest BCUT2D eigenvalue weighted by Gasteiger charge is -2.10. The number of ketones is 1. The fraction of sp³-hybridized carbons (Fsp3) is 0.174. The largest absolute Gasteiger partial charge is 0.466 e. The number of esters is 1. The van der Waals surface area contributed by atoms with E-state index in [9.17, 15) is 18.4 Å². The van der Waals surface area contributed by atoms with E-state index in [4.69, 9.17) is 21.1 Å². The van der Waals surface area contributed by atoms with Crippen molar-refractivity contribution < 1.29 is 27.8 Å². The standard InChI is InChI=1S/C23H18ClF2NO4/c1-2-30-22(29)12-18(28)9-14-4-3-5-15(8-14)16-6-7-21(19(25)10-16)31-23-20(26)11-17(24)13-27-23/h3-8,10-11,13H,2,9,12H2,1H3. The minimum absolute atomic E-state index is 0.0534. The summed E-state index contributed by atoms with van der Waals surface area (Å²) in [6.45, 7) is 1.89. The van der Waals surface area contributed by atoms with E-state index >= 15 is 0 Å². The van der Waals surface area contributed by atoms with Crippen molar-refractivity contribution in [3.8, 4) is 22.8 Å². The number of nitrogens with zero attached hydrogens (tertiary/aromatic N) is 1.